The molecule has 0 radical (unpaired) electrons. The van der Waals surface area contributed by atoms with Gasteiger partial charge in [-0.2, -0.15) is 0 Å². The minimum Gasteiger partial charge on any atom is -0.376 e. The van der Waals surface area contributed by atoms with E-state index in [2.05, 4.69) is 10.6 Å². The number of hydrogen-bond donors (Lipinski definition) is 2. The van der Waals surface area contributed by atoms with E-state index in [0.29, 0.717) is 13.0 Å². The van der Waals surface area contributed by atoms with E-state index in [4.69, 9.17) is 4.74 Å². The molecule has 1 heterocycles. The molecular weight excluding hydrogens is 316 g/mol. The highest BCUT2D eigenvalue weighted by molar-refractivity contribution is 7.91. The van der Waals surface area contributed by atoms with Crippen LogP contribution in [0, 0.1) is 0 Å². The third kappa shape index (κ3) is 5.51. The molecule has 0 aromatic heterocycles. The van der Waals surface area contributed by atoms with E-state index in [1.165, 1.54) is 0 Å². The summed E-state index contributed by atoms with van der Waals surface area (Å²) in [5.41, 5.74) is 0. The lowest BCUT2D eigenvalue weighted by molar-refractivity contribution is 0.111. The molecule has 1 aliphatic heterocycles. The molecule has 2 rings (SSSR count). The van der Waals surface area contributed by atoms with Crippen LogP contribution in [0.5, 0.6) is 0 Å². The Bertz CT molecular complexity index is 598. The number of urea groups is 1. The van der Waals surface area contributed by atoms with Gasteiger partial charge in [-0.25, -0.2) is 13.2 Å². The molecule has 2 N–H and O–H groups in total. The summed E-state index contributed by atoms with van der Waals surface area (Å²) in [6.07, 6.45) is 2.56. The minimum absolute atomic E-state index is 0.0638. The van der Waals surface area contributed by atoms with Gasteiger partial charge in [-0.3, -0.25) is 0 Å². The van der Waals surface area contributed by atoms with Gasteiger partial charge in [0.25, 0.3) is 0 Å². The van der Waals surface area contributed by atoms with Crippen LogP contribution in [0.1, 0.15) is 26.2 Å². The molecule has 1 fully saturated rings. The van der Waals surface area contributed by atoms with Gasteiger partial charge < -0.3 is 15.4 Å². The second-order valence-electron chi connectivity index (χ2n) is 5.69. The summed E-state index contributed by atoms with van der Waals surface area (Å²) in [5, 5.41) is 5.48. The summed E-state index contributed by atoms with van der Waals surface area (Å²) >= 11 is 0. The number of carbonyl (C=O) groups is 1. The van der Waals surface area contributed by atoms with Crippen molar-refractivity contribution in [3.8, 4) is 0 Å². The van der Waals surface area contributed by atoms with Gasteiger partial charge in [0.2, 0.25) is 0 Å². The van der Waals surface area contributed by atoms with E-state index in [9.17, 15) is 13.2 Å². The Morgan fingerprint density at radius 3 is 2.70 bits per heavy atom. The average molecular weight is 340 g/mol. The van der Waals surface area contributed by atoms with Gasteiger partial charge in [-0.15, -0.1) is 0 Å². The van der Waals surface area contributed by atoms with Crippen molar-refractivity contribution in [2.24, 2.45) is 0 Å². The Hall–Kier alpha value is -1.60. The first kappa shape index (κ1) is 17.7. The minimum atomic E-state index is -3.42. The number of carbonyl (C=O) groups excluding carboxylic acids is 1. The van der Waals surface area contributed by atoms with E-state index in [-0.39, 0.29) is 22.8 Å². The third-order valence-corrected chi connectivity index (χ3v) is 5.70. The number of ether oxygens (including phenoxy) is 1. The van der Waals surface area contributed by atoms with Crippen molar-refractivity contribution in [2.45, 2.75) is 43.2 Å². The lowest BCUT2D eigenvalue weighted by Gasteiger charge is -2.18. The van der Waals surface area contributed by atoms with Crippen LogP contribution in [0.15, 0.2) is 35.2 Å². The third-order valence-electron chi connectivity index (χ3n) is 3.87. The molecule has 2 atom stereocenters. The first-order valence-corrected chi connectivity index (χ1v) is 9.60. The van der Waals surface area contributed by atoms with Crippen LogP contribution < -0.4 is 10.6 Å². The zero-order valence-electron chi connectivity index (χ0n) is 13.3. The van der Waals surface area contributed by atoms with Crippen LogP contribution in [0.4, 0.5) is 4.79 Å². The maximum absolute atomic E-state index is 12.4. The zero-order valence-corrected chi connectivity index (χ0v) is 14.1. The van der Waals surface area contributed by atoms with Gasteiger partial charge in [0, 0.05) is 19.2 Å². The van der Waals surface area contributed by atoms with Crippen molar-refractivity contribution in [3.05, 3.63) is 30.3 Å². The van der Waals surface area contributed by atoms with E-state index in [1.807, 2.05) is 6.92 Å². The van der Waals surface area contributed by atoms with E-state index < -0.39 is 15.9 Å². The molecule has 2 amide bonds. The number of nitrogens with one attached hydrogen (secondary N) is 2. The van der Waals surface area contributed by atoms with Crippen LogP contribution in [-0.4, -0.2) is 45.5 Å². The van der Waals surface area contributed by atoms with Crippen molar-refractivity contribution in [1.82, 2.24) is 10.6 Å². The Labute approximate surface area is 137 Å². The van der Waals surface area contributed by atoms with Gasteiger partial charge in [-0.05, 0) is 31.4 Å². The van der Waals surface area contributed by atoms with Gasteiger partial charge >= 0.3 is 6.03 Å². The standard InChI is InChI=1S/C16H24N2O4S/c1-2-13(12-23(20,21)15-8-4-3-5-9-15)18-16(19)17-11-14-7-6-10-22-14/h3-5,8-9,13-14H,2,6-7,10-12H2,1H3,(H2,17,18,19)/t13-,14+/m1/s1. The summed E-state index contributed by atoms with van der Waals surface area (Å²) in [7, 11) is -3.42. The molecule has 0 aliphatic carbocycles. The Morgan fingerprint density at radius 1 is 1.35 bits per heavy atom. The molecule has 0 unspecified atom stereocenters. The Kier molecular flexibility index (Phi) is 6.41. The van der Waals surface area contributed by atoms with Gasteiger partial charge in [-0.1, -0.05) is 25.1 Å². The second-order valence-corrected chi connectivity index (χ2v) is 7.72. The molecule has 1 saturated heterocycles. The fourth-order valence-electron chi connectivity index (χ4n) is 2.50. The van der Waals surface area contributed by atoms with E-state index >= 15 is 0 Å². The monoisotopic (exact) mass is 340 g/mol. The first-order valence-electron chi connectivity index (χ1n) is 7.95. The Morgan fingerprint density at radius 2 is 2.09 bits per heavy atom. The van der Waals surface area contributed by atoms with Crippen LogP contribution in [-0.2, 0) is 14.6 Å². The number of benzene rings is 1. The molecule has 7 heteroatoms. The molecule has 1 aliphatic rings. The van der Waals surface area contributed by atoms with E-state index in [1.54, 1.807) is 30.3 Å². The zero-order chi connectivity index (χ0) is 16.7. The summed E-state index contributed by atoms with van der Waals surface area (Å²) in [6, 6.07) is 7.51. The predicted octanol–water partition coefficient (Wildman–Crippen LogP) is 1.72. The predicted molar refractivity (Wildman–Crippen MR) is 88.1 cm³/mol. The molecule has 0 saturated carbocycles. The highest BCUT2D eigenvalue weighted by atomic mass is 32.2. The normalized spacial score (nSPS) is 19.3. The van der Waals surface area contributed by atoms with Crippen molar-refractivity contribution >= 4 is 15.9 Å². The quantitative estimate of drug-likeness (QED) is 0.791. The molecule has 0 bridgehead atoms. The maximum atomic E-state index is 12.4. The van der Waals surface area contributed by atoms with E-state index in [0.717, 1.165) is 19.4 Å². The van der Waals surface area contributed by atoms with Crippen molar-refractivity contribution in [2.75, 3.05) is 18.9 Å². The van der Waals surface area contributed by atoms with Crippen molar-refractivity contribution < 1.29 is 17.9 Å². The smallest absolute Gasteiger partial charge is 0.315 e. The first-order chi connectivity index (χ1) is 11.0. The number of hydrogen-bond acceptors (Lipinski definition) is 4. The SMILES string of the molecule is CC[C@H](CS(=O)(=O)c1ccccc1)NC(=O)NC[C@@H]1CCCO1. The van der Waals surface area contributed by atoms with Crippen LogP contribution in [0.25, 0.3) is 0 Å². The van der Waals surface area contributed by atoms with Crippen LogP contribution in [0.2, 0.25) is 0 Å². The molecule has 6 nitrogen and oxygen atoms in total. The fraction of sp³-hybridized carbons (Fsp3) is 0.562. The largest absolute Gasteiger partial charge is 0.376 e. The summed E-state index contributed by atoms with van der Waals surface area (Å²) < 4.78 is 30.2. The topological polar surface area (TPSA) is 84.5 Å². The average Bonchev–Trinajstić information content (AvgIpc) is 3.06. The lowest BCUT2D eigenvalue weighted by atomic mass is 10.2. The van der Waals surface area contributed by atoms with Crippen molar-refractivity contribution in [3.63, 3.8) is 0 Å². The van der Waals surface area contributed by atoms with Crippen LogP contribution >= 0.6 is 0 Å². The highest BCUT2D eigenvalue weighted by Crippen LogP contribution is 2.13. The lowest BCUT2D eigenvalue weighted by Crippen LogP contribution is -2.46. The maximum Gasteiger partial charge on any atom is 0.315 e. The van der Waals surface area contributed by atoms with Gasteiger partial charge in [0.1, 0.15) is 0 Å². The molecule has 128 valence electrons. The summed E-state index contributed by atoms with van der Waals surface area (Å²) in [6.45, 7) is 3.04. The van der Waals surface area contributed by atoms with Crippen LogP contribution in [0.3, 0.4) is 0 Å². The molecular formula is C16H24N2O4S. The molecule has 0 spiro atoms. The molecule has 23 heavy (non-hydrogen) atoms. The fourth-order valence-corrected chi connectivity index (χ4v) is 4.11. The van der Waals surface area contributed by atoms with Gasteiger partial charge in [0.15, 0.2) is 9.84 Å². The number of amides is 2. The number of rotatable bonds is 7. The summed E-state index contributed by atoms with van der Waals surface area (Å²) in [4.78, 5) is 12.2. The Balaban J connectivity index is 1.85. The second kappa shape index (κ2) is 8.31. The van der Waals surface area contributed by atoms with Gasteiger partial charge in [0.05, 0.1) is 16.8 Å². The highest BCUT2D eigenvalue weighted by Gasteiger charge is 2.22. The summed E-state index contributed by atoms with van der Waals surface area (Å²) in [5.74, 6) is -0.110. The molecule has 1 aromatic rings. The molecule has 1 aromatic carbocycles. The number of sulfone groups is 1. The van der Waals surface area contributed by atoms with Crippen molar-refractivity contribution in [1.29, 1.82) is 0 Å².